The van der Waals surface area contributed by atoms with Crippen molar-refractivity contribution < 1.29 is 29.0 Å². The van der Waals surface area contributed by atoms with Crippen LogP contribution in [-0.2, 0) is 14.3 Å². The third-order valence-corrected chi connectivity index (χ3v) is 4.94. The Morgan fingerprint density at radius 3 is 2.33 bits per heavy atom. The largest absolute Gasteiger partial charge is 0.508 e. The van der Waals surface area contributed by atoms with Crippen molar-refractivity contribution in [3.05, 3.63) is 71.1 Å². The van der Waals surface area contributed by atoms with Crippen molar-refractivity contribution in [1.29, 1.82) is 0 Å². The van der Waals surface area contributed by atoms with E-state index >= 15 is 0 Å². The molecular formula is C22H19NO6S. The Bertz CT molecular complexity index is 1040. The molecule has 2 aromatic carbocycles. The smallest absolute Gasteiger partial charge is 0.341 e. The zero-order valence-corrected chi connectivity index (χ0v) is 16.9. The SMILES string of the molecule is CCOC(=O)c1c(-c2ccccc2)csc1NC(=O)COC(=O)c1ccc(O)cc1. The summed E-state index contributed by atoms with van der Waals surface area (Å²) < 4.78 is 10.1. The quantitative estimate of drug-likeness (QED) is 0.553. The van der Waals surface area contributed by atoms with Crippen LogP contribution in [0.15, 0.2) is 60.0 Å². The summed E-state index contributed by atoms with van der Waals surface area (Å²) in [6.07, 6.45) is 0. The molecule has 0 aliphatic heterocycles. The molecule has 0 radical (unpaired) electrons. The van der Waals surface area contributed by atoms with Crippen molar-refractivity contribution in [2.45, 2.75) is 6.92 Å². The molecule has 1 aromatic heterocycles. The van der Waals surface area contributed by atoms with E-state index in [1.165, 1.54) is 35.6 Å². The third-order valence-electron chi connectivity index (χ3n) is 4.05. The van der Waals surface area contributed by atoms with Gasteiger partial charge in [0.05, 0.1) is 12.2 Å². The van der Waals surface area contributed by atoms with E-state index < -0.39 is 24.5 Å². The fourth-order valence-electron chi connectivity index (χ4n) is 2.66. The minimum atomic E-state index is -0.702. The van der Waals surface area contributed by atoms with Gasteiger partial charge in [0.25, 0.3) is 5.91 Å². The van der Waals surface area contributed by atoms with Crippen LogP contribution in [0.25, 0.3) is 11.1 Å². The number of amides is 1. The Balaban J connectivity index is 1.73. The fourth-order valence-corrected chi connectivity index (χ4v) is 3.63. The lowest BCUT2D eigenvalue weighted by atomic mass is 10.0. The topological polar surface area (TPSA) is 102 Å². The molecule has 30 heavy (non-hydrogen) atoms. The van der Waals surface area contributed by atoms with Gasteiger partial charge in [0.15, 0.2) is 6.61 Å². The minimum absolute atomic E-state index is 0.0164. The number of hydrogen-bond donors (Lipinski definition) is 2. The zero-order chi connectivity index (χ0) is 21.5. The highest BCUT2D eigenvalue weighted by atomic mass is 32.1. The van der Waals surface area contributed by atoms with Crippen molar-refractivity contribution >= 4 is 34.2 Å². The molecule has 154 valence electrons. The molecule has 0 atom stereocenters. The molecule has 0 saturated heterocycles. The van der Waals surface area contributed by atoms with Crippen LogP contribution in [0, 0.1) is 0 Å². The number of phenols is 1. The maximum atomic E-state index is 12.5. The summed E-state index contributed by atoms with van der Waals surface area (Å²) in [4.78, 5) is 36.8. The van der Waals surface area contributed by atoms with Crippen molar-refractivity contribution in [2.75, 3.05) is 18.5 Å². The summed E-state index contributed by atoms with van der Waals surface area (Å²) >= 11 is 1.18. The van der Waals surface area contributed by atoms with E-state index in [2.05, 4.69) is 5.32 Å². The van der Waals surface area contributed by atoms with Crippen molar-refractivity contribution in [2.24, 2.45) is 0 Å². The molecule has 8 heteroatoms. The molecule has 1 amide bonds. The number of aromatic hydroxyl groups is 1. The van der Waals surface area contributed by atoms with Crippen LogP contribution in [0.5, 0.6) is 5.75 Å². The monoisotopic (exact) mass is 425 g/mol. The van der Waals surface area contributed by atoms with Gasteiger partial charge in [0.2, 0.25) is 0 Å². The van der Waals surface area contributed by atoms with Gasteiger partial charge in [0.1, 0.15) is 16.3 Å². The molecule has 0 aliphatic carbocycles. The molecule has 0 aliphatic rings. The van der Waals surface area contributed by atoms with Gasteiger partial charge < -0.3 is 19.9 Å². The van der Waals surface area contributed by atoms with Crippen LogP contribution >= 0.6 is 11.3 Å². The van der Waals surface area contributed by atoms with Crippen LogP contribution in [0.4, 0.5) is 5.00 Å². The molecule has 0 fully saturated rings. The molecule has 0 saturated carbocycles. The molecule has 1 heterocycles. The van der Waals surface area contributed by atoms with E-state index in [9.17, 15) is 19.5 Å². The Morgan fingerprint density at radius 2 is 1.67 bits per heavy atom. The summed E-state index contributed by atoms with van der Waals surface area (Å²) in [6.45, 7) is 1.37. The fraction of sp³-hybridized carbons (Fsp3) is 0.136. The number of carbonyl (C=O) groups excluding carboxylic acids is 3. The molecule has 3 aromatic rings. The normalized spacial score (nSPS) is 10.3. The lowest BCUT2D eigenvalue weighted by Gasteiger charge is -2.09. The van der Waals surface area contributed by atoms with Gasteiger partial charge in [-0.1, -0.05) is 30.3 Å². The number of benzene rings is 2. The van der Waals surface area contributed by atoms with E-state index in [1.54, 1.807) is 12.3 Å². The number of thiophene rings is 1. The maximum Gasteiger partial charge on any atom is 0.341 e. The van der Waals surface area contributed by atoms with Crippen molar-refractivity contribution in [3.8, 4) is 16.9 Å². The number of ether oxygens (including phenoxy) is 2. The molecule has 0 bridgehead atoms. The maximum absolute atomic E-state index is 12.5. The summed E-state index contributed by atoms with van der Waals surface area (Å²) in [7, 11) is 0. The van der Waals surface area contributed by atoms with Crippen molar-refractivity contribution in [1.82, 2.24) is 0 Å². The summed E-state index contributed by atoms with van der Waals surface area (Å²) in [5.41, 5.74) is 1.92. The first-order valence-corrected chi connectivity index (χ1v) is 9.97. The van der Waals surface area contributed by atoms with Crippen LogP contribution in [-0.4, -0.2) is 36.2 Å². The third kappa shape index (κ3) is 5.03. The highest BCUT2D eigenvalue weighted by Crippen LogP contribution is 2.36. The second-order valence-electron chi connectivity index (χ2n) is 6.11. The van der Waals surface area contributed by atoms with Crippen LogP contribution < -0.4 is 5.32 Å². The second-order valence-corrected chi connectivity index (χ2v) is 6.99. The van der Waals surface area contributed by atoms with Gasteiger partial charge in [-0.05, 0) is 36.8 Å². The number of hydrogen-bond acceptors (Lipinski definition) is 7. The van der Waals surface area contributed by atoms with Crippen LogP contribution in [0.1, 0.15) is 27.6 Å². The molecular weight excluding hydrogens is 406 g/mol. The Morgan fingerprint density at radius 1 is 0.967 bits per heavy atom. The predicted octanol–water partition coefficient (Wildman–Crippen LogP) is 4.09. The highest BCUT2D eigenvalue weighted by molar-refractivity contribution is 7.15. The lowest BCUT2D eigenvalue weighted by Crippen LogP contribution is -2.21. The van der Waals surface area contributed by atoms with E-state index in [-0.39, 0.29) is 23.5 Å². The highest BCUT2D eigenvalue weighted by Gasteiger charge is 2.23. The van der Waals surface area contributed by atoms with E-state index in [4.69, 9.17) is 9.47 Å². The number of anilines is 1. The average molecular weight is 425 g/mol. The number of phenolic OH excluding ortho intramolecular Hbond substituents is 1. The molecule has 7 nitrogen and oxygen atoms in total. The summed E-state index contributed by atoms with van der Waals surface area (Å²) in [5.74, 6) is -1.82. The lowest BCUT2D eigenvalue weighted by molar-refractivity contribution is -0.119. The first-order chi connectivity index (χ1) is 14.5. The van der Waals surface area contributed by atoms with Crippen LogP contribution in [0.2, 0.25) is 0 Å². The average Bonchev–Trinajstić information content (AvgIpc) is 3.17. The van der Waals surface area contributed by atoms with E-state index in [1.807, 2.05) is 30.3 Å². The number of nitrogens with one attached hydrogen (secondary N) is 1. The Labute approximate surface area is 176 Å². The Kier molecular flexibility index (Phi) is 6.82. The van der Waals surface area contributed by atoms with Gasteiger partial charge >= 0.3 is 11.9 Å². The first kappa shape index (κ1) is 21.1. The van der Waals surface area contributed by atoms with Crippen LogP contribution in [0.3, 0.4) is 0 Å². The number of carbonyl (C=O) groups is 3. The molecule has 2 N–H and O–H groups in total. The van der Waals surface area contributed by atoms with Gasteiger partial charge in [-0.3, -0.25) is 4.79 Å². The van der Waals surface area contributed by atoms with E-state index in [0.29, 0.717) is 10.6 Å². The van der Waals surface area contributed by atoms with Gasteiger partial charge in [-0.15, -0.1) is 11.3 Å². The second kappa shape index (κ2) is 9.71. The summed E-state index contributed by atoms with van der Waals surface area (Å²) in [6, 6.07) is 14.8. The molecule has 0 spiro atoms. The van der Waals surface area contributed by atoms with Crippen molar-refractivity contribution in [3.63, 3.8) is 0 Å². The van der Waals surface area contributed by atoms with E-state index in [0.717, 1.165) is 5.56 Å². The van der Waals surface area contributed by atoms with Gasteiger partial charge in [0, 0.05) is 10.9 Å². The number of esters is 2. The zero-order valence-electron chi connectivity index (χ0n) is 16.1. The minimum Gasteiger partial charge on any atom is -0.508 e. The summed E-state index contributed by atoms with van der Waals surface area (Å²) in [5, 5.41) is 14.0. The van der Waals surface area contributed by atoms with Gasteiger partial charge in [-0.2, -0.15) is 0 Å². The molecule has 3 rings (SSSR count). The molecule has 0 unspecified atom stereocenters. The number of rotatable bonds is 7. The Hall–Kier alpha value is -3.65. The predicted molar refractivity (Wildman–Crippen MR) is 113 cm³/mol. The standard InChI is InChI=1S/C22H19NO6S/c1-2-28-22(27)19-17(14-6-4-3-5-7-14)13-30-20(19)23-18(25)12-29-21(26)15-8-10-16(24)11-9-15/h3-11,13,24H,2,12H2,1H3,(H,23,25). The first-order valence-electron chi connectivity index (χ1n) is 9.09. The van der Waals surface area contributed by atoms with Gasteiger partial charge in [-0.25, -0.2) is 9.59 Å².